The number of imidazole rings is 1. The molecular weight excluding hydrogens is 562 g/mol. The van der Waals surface area contributed by atoms with Gasteiger partial charge in [0.25, 0.3) is 11.8 Å². The molecule has 8 heteroatoms. The van der Waals surface area contributed by atoms with Crippen molar-refractivity contribution < 1.29 is 14.4 Å². The van der Waals surface area contributed by atoms with Crippen molar-refractivity contribution in [2.24, 2.45) is 0 Å². The van der Waals surface area contributed by atoms with Gasteiger partial charge in [0.05, 0.1) is 11.0 Å². The van der Waals surface area contributed by atoms with Gasteiger partial charge in [0.1, 0.15) is 0 Å². The largest absolute Gasteiger partial charge is 0.343 e. The summed E-state index contributed by atoms with van der Waals surface area (Å²) in [5.74, 6) is 0.221. The van der Waals surface area contributed by atoms with Crippen LogP contribution in [0.25, 0.3) is 23.2 Å². The molecule has 1 aliphatic heterocycles. The van der Waals surface area contributed by atoms with Gasteiger partial charge in [-0.3, -0.25) is 19.7 Å². The van der Waals surface area contributed by atoms with E-state index in [0.717, 1.165) is 36.0 Å². The number of rotatable bonds is 10. The average Bonchev–Trinajstić information content (AvgIpc) is 3.65. The van der Waals surface area contributed by atoms with Crippen molar-refractivity contribution in [2.45, 2.75) is 25.8 Å². The van der Waals surface area contributed by atoms with Crippen LogP contribution in [-0.2, 0) is 11.3 Å². The highest BCUT2D eigenvalue weighted by molar-refractivity contribution is 6.07. The molecule has 1 fully saturated rings. The number of nitrogens with zero attached hydrogens (tertiary/aromatic N) is 4. The fraction of sp³-hybridized carbons (Fsp3) is 0.189. The summed E-state index contributed by atoms with van der Waals surface area (Å²) in [6, 6.07) is 32.3. The van der Waals surface area contributed by atoms with Crippen molar-refractivity contribution in [3.63, 3.8) is 0 Å². The number of fused-ring (bicyclic) bond motifs is 1. The van der Waals surface area contributed by atoms with E-state index in [1.165, 1.54) is 0 Å². The van der Waals surface area contributed by atoms with Crippen LogP contribution in [0.3, 0.4) is 0 Å². The zero-order valence-electron chi connectivity index (χ0n) is 25.2. The third kappa shape index (κ3) is 6.86. The topological polar surface area (TPSA) is 87.5 Å². The van der Waals surface area contributed by atoms with E-state index in [2.05, 4.69) is 5.32 Å². The van der Waals surface area contributed by atoms with Crippen LogP contribution >= 0.6 is 0 Å². The fourth-order valence-electron chi connectivity index (χ4n) is 5.58. The molecule has 0 atom stereocenters. The number of carbonyl (C=O) groups excluding carboxylic acids is 3. The van der Waals surface area contributed by atoms with Crippen LogP contribution in [0.4, 0.5) is 11.6 Å². The van der Waals surface area contributed by atoms with E-state index in [-0.39, 0.29) is 17.7 Å². The number of nitrogens with one attached hydrogen (secondary N) is 1. The van der Waals surface area contributed by atoms with Gasteiger partial charge in [0.2, 0.25) is 11.9 Å². The van der Waals surface area contributed by atoms with Crippen LogP contribution in [0.15, 0.2) is 103 Å². The monoisotopic (exact) mass is 597 g/mol. The molecule has 226 valence electrons. The summed E-state index contributed by atoms with van der Waals surface area (Å²) in [6.45, 7) is 2.00. The first-order valence-electron chi connectivity index (χ1n) is 15.2. The van der Waals surface area contributed by atoms with Crippen molar-refractivity contribution in [2.75, 3.05) is 30.4 Å². The van der Waals surface area contributed by atoms with Gasteiger partial charge in [-0.2, -0.15) is 0 Å². The van der Waals surface area contributed by atoms with Crippen molar-refractivity contribution in [3.05, 3.63) is 125 Å². The van der Waals surface area contributed by atoms with Gasteiger partial charge in [0, 0.05) is 49.9 Å². The Hall–Kier alpha value is -5.50. The van der Waals surface area contributed by atoms with Crippen LogP contribution in [0.1, 0.15) is 51.1 Å². The van der Waals surface area contributed by atoms with Crippen molar-refractivity contribution in [1.82, 2.24) is 14.5 Å². The number of carbonyl (C=O) groups is 3. The van der Waals surface area contributed by atoms with Crippen LogP contribution in [-0.4, -0.2) is 52.3 Å². The highest BCUT2D eigenvalue weighted by Crippen LogP contribution is 2.27. The lowest BCUT2D eigenvalue weighted by molar-refractivity contribution is -0.127. The molecule has 0 radical (unpaired) electrons. The summed E-state index contributed by atoms with van der Waals surface area (Å²) in [7, 11) is 1.74. The maximum atomic E-state index is 13.4. The van der Waals surface area contributed by atoms with Crippen LogP contribution in [0.2, 0.25) is 0 Å². The van der Waals surface area contributed by atoms with Crippen molar-refractivity contribution >= 4 is 52.5 Å². The Morgan fingerprint density at radius 1 is 0.844 bits per heavy atom. The summed E-state index contributed by atoms with van der Waals surface area (Å²) < 4.78 is 1.98. The van der Waals surface area contributed by atoms with E-state index in [0.29, 0.717) is 47.8 Å². The summed E-state index contributed by atoms with van der Waals surface area (Å²) in [4.78, 5) is 46.9. The molecule has 6 rings (SSSR count). The third-order valence-corrected chi connectivity index (χ3v) is 8.09. The minimum Gasteiger partial charge on any atom is -0.343 e. The lowest BCUT2D eigenvalue weighted by Crippen LogP contribution is -2.26. The number of aryl methyl sites for hydroxylation is 1. The Morgan fingerprint density at radius 3 is 2.22 bits per heavy atom. The van der Waals surface area contributed by atoms with Gasteiger partial charge in [-0.15, -0.1) is 0 Å². The molecule has 2 heterocycles. The Morgan fingerprint density at radius 2 is 1.53 bits per heavy atom. The molecule has 4 aromatic carbocycles. The second kappa shape index (κ2) is 13.4. The highest BCUT2D eigenvalue weighted by Gasteiger charge is 2.21. The van der Waals surface area contributed by atoms with E-state index >= 15 is 0 Å². The molecule has 0 bridgehead atoms. The molecule has 3 amide bonds. The number of benzene rings is 4. The maximum Gasteiger partial charge on any atom is 0.258 e. The molecule has 0 aliphatic carbocycles. The van der Waals surface area contributed by atoms with E-state index < -0.39 is 0 Å². The minimum atomic E-state index is -0.267. The molecule has 0 saturated carbocycles. The summed E-state index contributed by atoms with van der Waals surface area (Å²) in [5, 5.41) is 3.01. The molecule has 1 aliphatic rings. The fourth-order valence-corrected chi connectivity index (χ4v) is 5.58. The normalized spacial score (nSPS) is 13.1. The van der Waals surface area contributed by atoms with E-state index in [1.807, 2.05) is 100 Å². The van der Waals surface area contributed by atoms with Gasteiger partial charge in [-0.1, -0.05) is 72.8 Å². The molecule has 0 spiro atoms. The summed E-state index contributed by atoms with van der Waals surface area (Å²) in [5.41, 5.74) is 5.39. The minimum absolute atomic E-state index is 0.125. The van der Waals surface area contributed by atoms with E-state index in [4.69, 9.17) is 4.98 Å². The molecule has 1 N–H and O–H groups in total. The highest BCUT2D eigenvalue weighted by atomic mass is 16.2. The summed E-state index contributed by atoms with van der Waals surface area (Å²) >= 11 is 0. The molecule has 5 aromatic rings. The second-order valence-corrected chi connectivity index (χ2v) is 11.1. The van der Waals surface area contributed by atoms with Gasteiger partial charge >= 0.3 is 0 Å². The third-order valence-electron chi connectivity index (χ3n) is 8.09. The second-order valence-electron chi connectivity index (χ2n) is 11.1. The molecule has 45 heavy (non-hydrogen) atoms. The quantitative estimate of drug-likeness (QED) is 0.181. The number of likely N-dealkylation sites (tertiary alicyclic amines) is 1. The zero-order chi connectivity index (χ0) is 31.2. The number of anilines is 2. The standard InChI is InChI=1S/C37H35N5O3/c1-40(36(45)30-12-6-3-7-13-30)31-21-22-33-32(26-31)38-37(42(33)25-9-24-41-23-8-14-34(41)43)39-35(44)29-19-17-28(18-20-29)16-15-27-10-4-2-5-11-27/h2-7,10-13,15-22,26H,8-9,14,23-25H2,1H3,(H,38,39,44)/b16-15-. The van der Waals surface area contributed by atoms with Crippen molar-refractivity contribution in [1.29, 1.82) is 0 Å². The Balaban J connectivity index is 1.23. The number of aromatic nitrogens is 2. The van der Waals surface area contributed by atoms with E-state index in [9.17, 15) is 14.4 Å². The lowest BCUT2D eigenvalue weighted by Gasteiger charge is -2.18. The van der Waals surface area contributed by atoms with Gasteiger partial charge in [-0.25, -0.2) is 4.98 Å². The van der Waals surface area contributed by atoms with Crippen molar-refractivity contribution in [3.8, 4) is 0 Å². The van der Waals surface area contributed by atoms with Crippen LogP contribution in [0, 0.1) is 0 Å². The molecule has 8 nitrogen and oxygen atoms in total. The zero-order valence-corrected chi connectivity index (χ0v) is 25.2. The molecule has 1 saturated heterocycles. The molecule has 0 unspecified atom stereocenters. The number of amides is 3. The smallest absolute Gasteiger partial charge is 0.258 e. The van der Waals surface area contributed by atoms with Gasteiger partial charge < -0.3 is 14.4 Å². The first kappa shape index (κ1) is 29.6. The Bertz CT molecular complexity index is 1850. The van der Waals surface area contributed by atoms with Gasteiger partial charge in [-0.05, 0) is 66.4 Å². The molecule has 1 aromatic heterocycles. The average molecular weight is 598 g/mol. The van der Waals surface area contributed by atoms with Gasteiger partial charge in [0.15, 0.2) is 0 Å². The van der Waals surface area contributed by atoms with Crippen LogP contribution in [0.5, 0.6) is 0 Å². The SMILES string of the molecule is CN(C(=O)c1ccccc1)c1ccc2c(c1)nc(NC(=O)c1ccc(/C=C\c3ccccc3)cc1)n2CCCN1CCCC1=O. The Kier molecular flexibility index (Phi) is 8.82. The summed E-state index contributed by atoms with van der Waals surface area (Å²) in [6.07, 6.45) is 6.27. The molecular formula is C37H35N5O3. The van der Waals surface area contributed by atoms with Crippen LogP contribution < -0.4 is 10.2 Å². The number of hydrogen-bond donors (Lipinski definition) is 1. The predicted octanol–water partition coefficient (Wildman–Crippen LogP) is 6.75. The Labute approximate surface area is 262 Å². The number of hydrogen-bond acceptors (Lipinski definition) is 4. The first-order valence-corrected chi connectivity index (χ1v) is 15.2. The lowest BCUT2D eigenvalue weighted by atomic mass is 10.1. The van der Waals surface area contributed by atoms with E-state index in [1.54, 1.807) is 36.2 Å². The predicted molar refractivity (Wildman–Crippen MR) is 179 cm³/mol. The maximum absolute atomic E-state index is 13.4. The first-order chi connectivity index (χ1) is 22.0.